The van der Waals surface area contributed by atoms with Crippen LogP contribution in [0.4, 0.5) is 0 Å². The fraction of sp³-hybridized carbons (Fsp3) is 0.467. The molecule has 54 heavy (non-hydrogen) atoms. The fourth-order valence-corrected chi connectivity index (χ4v) is 5.13. The second-order valence-corrected chi connectivity index (χ2v) is 11.8. The van der Waals surface area contributed by atoms with Gasteiger partial charge in [-0.1, -0.05) is 96.1 Å². The van der Waals surface area contributed by atoms with Crippen molar-refractivity contribution in [1.82, 2.24) is 13.7 Å². The summed E-state index contributed by atoms with van der Waals surface area (Å²) in [6.45, 7) is 28.9. The molecule has 0 spiro atoms. The highest BCUT2D eigenvalue weighted by Crippen LogP contribution is 2.25. The number of fused-ring (bicyclic) bond motifs is 3. The lowest BCUT2D eigenvalue weighted by Gasteiger charge is -1.96. The van der Waals surface area contributed by atoms with Crippen LogP contribution >= 0.6 is 0 Å². The summed E-state index contributed by atoms with van der Waals surface area (Å²) in [5, 5.41) is 49.8. The molecule has 0 atom stereocenters. The summed E-state index contributed by atoms with van der Waals surface area (Å²) in [5.41, 5.74) is 12.2. The minimum absolute atomic E-state index is 1.17. The van der Waals surface area contributed by atoms with E-state index in [2.05, 4.69) is 149 Å². The molecule has 0 radical (unpaired) electrons. The Balaban J connectivity index is -0.000000595. The summed E-state index contributed by atoms with van der Waals surface area (Å²) in [5.74, 6) is 0. The molecule has 0 aliphatic rings. The van der Waals surface area contributed by atoms with Crippen molar-refractivity contribution in [2.24, 2.45) is 21.1 Å². The molecule has 3 heterocycles. The zero-order valence-electron chi connectivity index (χ0n) is 36.7. The van der Waals surface area contributed by atoms with Gasteiger partial charge in [0.1, 0.15) is 18.9 Å². The molecule has 6 rings (SSSR count). The van der Waals surface area contributed by atoms with Gasteiger partial charge in [0.25, 0.3) is 0 Å². The van der Waals surface area contributed by atoms with Crippen molar-refractivity contribution in [3.63, 3.8) is 0 Å². The van der Waals surface area contributed by atoms with E-state index in [1.807, 2.05) is 41.5 Å². The first kappa shape index (κ1) is 54.4. The SMILES string of the molecule is CC.CC.CC.CC(O)O.CC(O)O.CC(O)O.Cc1c(C)n(C)c2ccccc12.Cc1c(C)n(C)c2ccccc12.Cc1c(C)n(C)c2ccccc12. The van der Waals surface area contributed by atoms with Crippen molar-refractivity contribution in [3.8, 4) is 0 Å². The second kappa shape index (κ2) is 29.4. The molecule has 0 unspecified atom stereocenters. The number of aromatic nitrogens is 3. The van der Waals surface area contributed by atoms with E-state index in [1.54, 1.807) is 0 Å². The lowest BCUT2D eigenvalue weighted by Crippen LogP contribution is -1.92. The van der Waals surface area contributed by atoms with Crippen LogP contribution < -0.4 is 0 Å². The third-order valence-corrected chi connectivity index (χ3v) is 8.15. The first-order chi connectivity index (χ1) is 25.3. The van der Waals surface area contributed by atoms with Gasteiger partial charge < -0.3 is 44.3 Å². The lowest BCUT2D eigenvalue weighted by atomic mass is 10.2. The Hall–Kier alpha value is -3.96. The summed E-state index contributed by atoms with van der Waals surface area (Å²) in [4.78, 5) is 0. The van der Waals surface area contributed by atoms with Crippen LogP contribution in [0.2, 0.25) is 0 Å². The molecule has 3 aromatic heterocycles. The molecular weight excluding hydrogens is 679 g/mol. The van der Waals surface area contributed by atoms with E-state index in [9.17, 15) is 0 Å². The molecular formula is C45H75N3O6. The van der Waals surface area contributed by atoms with Crippen LogP contribution in [0.3, 0.4) is 0 Å². The van der Waals surface area contributed by atoms with E-state index in [-0.39, 0.29) is 0 Å². The van der Waals surface area contributed by atoms with E-state index in [4.69, 9.17) is 30.6 Å². The molecule has 0 saturated carbocycles. The van der Waals surface area contributed by atoms with Crippen molar-refractivity contribution in [3.05, 3.63) is 107 Å². The van der Waals surface area contributed by atoms with Crippen LogP contribution in [0.1, 0.15) is 96.1 Å². The Kier molecular flexibility index (Phi) is 29.6. The number of hydrogen-bond donors (Lipinski definition) is 6. The van der Waals surface area contributed by atoms with Gasteiger partial charge in [-0.2, -0.15) is 0 Å². The van der Waals surface area contributed by atoms with E-state index >= 15 is 0 Å². The Labute approximate surface area is 326 Å². The van der Waals surface area contributed by atoms with E-state index < -0.39 is 18.9 Å². The van der Waals surface area contributed by atoms with Gasteiger partial charge in [-0.15, -0.1) is 0 Å². The summed E-state index contributed by atoms with van der Waals surface area (Å²) < 4.78 is 6.72. The number of aliphatic hydroxyl groups is 6. The van der Waals surface area contributed by atoms with Crippen LogP contribution in [0.5, 0.6) is 0 Å². The molecule has 0 amide bonds. The third-order valence-electron chi connectivity index (χ3n) is 8.15. The van der Waals surface area contributed by atoms with Gasteiger partial charge in [-0.3, -0.25) is 0 Å². The average Bonchev–Trinajstić information content (AvgIpc) is 3.62. The van der Waals surface area contributed by atoms with Gasteiger partial charge in [-0.05, 0) is 97.2 Å². The van der Waals surface area contributed by atoms with Crippen LogP contribution in [0.25, 0.3) is 32.7 Å². The zero-order valence-corrected chi connectivity index (χ0v) is 36.7. The average molecular weight is 754 g/mol. The highest BCUT2D eigenvalue weighted by molar-refractivity contribution is 5.86. The smallest absolute Gasteiger partial charge is 0.148 e. The topological polar surface area (TPSA) is 136 Å². The molecule has 0 bridgehead atoms. The van der Waals surface area contributed by atoms with Gasteiger partial charge >= 0.3 is 0 Å². The minimum Gasteiger partial charge on any atom is -0.368 e. The van der Waals surface area contributed by atoms with Gasteiger partial charge in [0.2, 0.25) is 0 Å². The van der Waals surface area contributed by atoms with E-state index in [1.165, 1.54) is 87.3 Å². The molecule has 0 aliphatic heterocycles. The molecule has 0 fully saturated rings. The van der Waals surface area contributed by atoms with Gasteiger partial charge in [0, 0.05) is 70.9 Å². The maximum atomic E-state index is 7.61. The quantitative estimate of drug-likeness (QED) is 0.0856. The van der Waals surface area contributed by atoms with E-state index in [0.717, 1.165) is 0 Å². The number of para-hydroxylation sites is 3. The third kappa shape index (κ3) is 17.9. The largest absolute Gasteiger partial charge is 0.368 e. The molecule has 0 aliphatic carbocycles. The van der Waals surface area contributed by atoms with Gasteiger partial charge in [0.05, 0.1) is 0 Å². The molecule has 6 N–H and O–H groups in total. The number of rotatable bonds is 0. The lowest BCUT2D eigenvalue weighted by molar-refractivity contribution is -0.0235. The second-order valence-electron chi connectivity index (χ2n) is 11.8. The van der Waals surface area contributed by atoms with E-state index in [0.29, 0.717) is 0 Å². The Bertz CT molecular complexity index is 1510. The maximum Gasteiger partial charge on any atom is 0.148 e. The Morgan fingerprint density at radius 1 is 0.352 bits per heavy atom. The van der Waals surface area contributed by atoms with Crippen molar-refractivity contribution in [1.29, 1.82) is 0 Å². The summed E-state index contributed by atoms with van der Waals surface area (Å²) in [6, 6.07) is 25.6. The predicted octanol–water partition coefficient (Wildman–Crippen LogP) is 9.42. The number of aryl methyl sites for hydroxylation is 6. The van der Waals surface area contributed by atoms with Gasteiger partial charge in [-0.25, -0.2) is 0 Å². The fourth-order valence-electron chi connectivity index (χ4n) is 5.13. The van der Waals surface area contributed by atoms with Gasteiger partial charge in [0.15, 0.2) is 0 Å². The summed E-state index contributed by atoms with van der Waals surface area (Å²) >= 11 is 0. The summed E-state index contributed by atoms with van der Waals surface area (Å²) in [7, 11) is 6.35. The first-order valence-electron chi connectivity index (χ1n) is 18.9. The highest BCUT2D eigenvalue weighted by atomic mass is 16.5. The van der Waals surface area contributed by atoms with Crippen molar-refractivity contribution < 1.29 is 30.6 Å². The highest BCUT2D eigenvalue weighted by Gasteiger charge is 2.07. The number of benzene rings is 3. The zero-order chi connectivity index (χ0) is 42.9. The molecule has 306 valence electrons. The first-order valence-corrected chi connectivity index (χ1v) is 18.9. The number of hydrogen-bond acceptors (Lipinski definition) is 6. The van der Waals surface area contributed by atoms with Crippen LogP contribution in [0, 0.1) is 41.5 Å². The van der Waals surface area contributed by atoms with Crippen molar-refractivity contribution in [2.45, 2.75) is 123 Å². The standard InChI is InChI=1S/3C11H13N.3C2H6O2.3C2H6/c3*1-8-9(2)12(3)11-7-5-4-6-10(8)11;3*1-2(3)4;3*1-2/h3*4-7H,1-3H3;3*2-4H,1H3;3*1-2H3. The minimum atomic E-state index is -1.17. The molecule has 3 aromatic carbocycles. The van der Waals surface area contributed by atoms with Crippen LogP contribution in [-0.2, 0) is 21.1 Å². The summed E-state index contributed by atoms with van der Waals surface area (Å²) in [6.07, 6.45) is -3.50. The molecule has 9 nitrogen and oxygen atoms in total. The van der Waals surface area contributed by atoms with Crippen LogP contribution in [-0.4, -0.2) is 63.2 Å². The normalized spacial score (nSPS) is 9.61. The Morgan fingerprint density at radius 3 is 0.648 bits per heavy atom. The molecule has 0 saturated heterocycles. The monoisotopic (exact) mass is 754 g/mol. The van der Waals surface area contributed by atoms with Crippen molar-refractivity contribution in [2.75, 3.05) is 0 Å². The van der Waals surface area contributed by atoms with Crippen molar-refractivity contribution >= 4 is 32.7 Å². The maximum absolute atomic E-state index is 7.61. The molecule has 9 heteroatoms. The Morgan fingerprint density at radius 2 is 0.500 bits per heavy atom. The predicted molar refractivity (Wildman–Crippen MR) is 233 cm³/mol. The molecule has 6 aromatic rings. The van der Waals surface area contributed by atoms with Crippen LogP contribution in [0.15, 0.2) is 72.8 Å². The number of aliphatic hydroxyl groups excluding tert-OH is 3. The number of nitrogens with zero attached hydrogens (tertiary/aromatic N) is 3.